The third kappa shape index (κ3) is 3.33. The minimum Gasteiger partial charge on any atom is -0.391 e. The van der Waals surface area contributed by atoms with Gasteiger partial charge in [0.25, 0.3) is 0 Å². The van der Waals surface area contributed by atoms with Crippen molar-refractivity contribution in [1.82, 2.24) is 4.90 Å². The molecule has 1 aliphatic heterocycles. The van der Waals surface area contributed by atoms with Crippen molar-refractivity contribution in [3.8, 4) is 0 Å². The Morgan fingerprint density at radius 2 is 1.65 bits per heavy atom. The molecule has 2 atom stereocenters. The van der Waals surface area contributed by atoms with Crippen molar-refractivity contribution >= 4 is 5.69 Å². The summed E-state index contributed by atoms with van der Waals surface area (Å²) in [7, 11) is 0. The lowest BCUT2D eigenvalue weighted by atomic mass is 9.89. The van der Waals surface area contributed by atoms with Gasteiger partial charge in [-0.2, -0.15) is 0 Å². The Morgan fingerprint density at radius 1 is 0.950 bits per heavy atom. The SMILES string of the molecule is OC1CCCCC1N1CCC(Nc2ccccc2)CC1. The van der Waals surface area contributed by atoms with E-state index >= 15 is 0 Å². The first kappa shape index (κ1) is 13.9. The molecule has 0 amide bonds. The van der Waals surface area contributed by atoms with Gasteiger partial charge in [-0.15, -0.1) is 0 Å². The third-order valence-corrected chi connectivity index (χ3v) is 4.84. The monoisotopic (exact) mass is 274 g/mol. The Bertz CT molecular complexity index is 401. The van der Waals surface area contributed by atoms with E-state index in [9.17, 15) is 5.11 Å². The van der Waals surface area contributed by atoms with Gasteiger partial charge < -0.3 is 10.4 Å². The van der Waals surface area contributed by atoms with Crippen LogP contribution in [-0.2, 0) is 0 Å². The molecule has 1 saturated carbocycles. The van der Waals surface area contributed by atoms with E-state index in [1.165, 1.54) is 37.8 Å². The quantitative estimate of drug-likeness (QED) is 0.889. The van der Waals surface area contributed by atoms with Gasteiger partial charge in [0.05, 0.1) is 6.10 Å². The fraction of sp³-hybridized carbons (Fsp3) is 0.647. The number of aliphatic hydroxyl groups excluding tert-OH is 1. The predicted molar refractivity (Wildman–Crippen MR) is 82.9 cm³/mol. The van der Waals surface area contributed by atoms with E-state index in [-0.39, 0.29) is 6.10 Å². The highest BCUT2D eigenvalue weighted by atomic mass is 16.3. The van der Waals surface area contributed by atoms with Crippen molar-refractivity contribution < 1.29 is 5.11 Å². The number of hydrogen-bond donors (Lipinski definition) is 2. The van der Waals surface area contributed by atoms with Crippen LogP contribution < -0.4 is 5.32 Å². The Hall–Kier alpha value is -1.06. The number of benzene rings is 1. The Kier molecular flexibility index (Phi) is 4.58. The molecule has 2 fully saturated rings. The minimum atomic E-state index is -0.0950. The predicted octanol–water partition coefficient (Wildman–Crippen LogP) is 2.87. The van der Waals surface area contributed by atoms with Gasteiger partial charge in [0.1, 0.15) is 0 Å². The number of likely N-dealkylation sites (tertiary alicyclic amines) is 1. The van der Waals surface area contributed by atoms with Crippen LogP contribution in [0.3, 0.4) is 0 Å². The van der Waals surface area contributed by atoms with Crippen LogP contribution in [0, 0.1) is 0 Å². The molecule has 3 rings (SSSR count). The summed E-state index contributed by atoms with van der Waals surface area (Å²) in [6.07, 6.45) is 6.91. The normalized spacial score (nSPS) is 29.2. The second-order valence-corrected chi connectivity index (χ2v) is 6.24. The second kappa shape index (κ2) is 6.59. The van der Waals surface area contributed by atoms with E-state index in [1.54, 1.807) is 0 Å². The third-order valence-electron chi connectivity index (χ3n) is 4.84. The first-order valence-corrected chi connectivity index (χ1v) is 8.06. The van der Waals surface area contributed by atoms with Gasteiger partial charge >= 0.3 is 0 Å². The van der Waals surface area contributed by atoms with Gasteiger partial charge in [0, 0.05) is 30.9 Å². The summed E-state index contributed by atoms with van der Waals surface area (Å²) in [5, 5.41) is 13.8. The molecular weight excluding hydrogens is 248 g/mol. The van der Waals surface area contributed by atoms with Gasteiger partial charge in [-0.25, -0.2) is 0 Å². The van der Waals surface area contributed by atoms with Gasteiger partial charge in [-0.05, 0) is 37.8 Å². The first-order chi connectivity index (χ1) is 9.83. The smallest absolute Gasteiger partial charge is 0.0695 e. The lowest BCUT2D eigenvalue weighted by Gasteiger charge is -2.41. The molecule has 2 N–H and O–H groups in total. The molecule has 3 nitrogen and oxygen atoms in total. The van der Waals surface area contributed by atoms with Gasteiger partial charge in [0.2, 0.25) is 0 Å². The van der Waals surface area contributed by atoms with E-state index in [0.717, 1.165) is 19.5 Å². The molecule has 0 radical (unpaired) electrons. The molecule has 110 valence electrons. The number of nitrogens with one attached hydrogen (secondary N) is 1. The Labute approximate surface area is 122 Å². The van der Waals surface area contributed by atoms with E-state index in [1.807, 2.05) is 0 Å². The lowest BCUT2D eigenvalue weighted by Crippen LogP contribution is -2.50. The van der Waals surface area contributed by atoms with Crippen molar-refractivity contribution in [1.29, 1.82) is 0 Å². The highest BCUT2D eigenvalue weighted by molar-refractivity contribution is 5.43. The van der Waals surface area contributed by atoms with Crippen molar-refractivity contribution in [2.75, 3.05) is 18.4 Å². The van der Waals surface area contributed by atoms with E-state index in [2.05, 4.69) is 40.5 Å². The second-order valence-electron chi connectivity index (χ2n) is 6.24. The molecular formula is C17H26N2O. The molecule has 2 unspecified atom stereocenters. The van der Waals surface area contributed by atoms with Crippen LogP contribution in [0.5, 0.6) is 0 Å². The number of hydrogen-bond acceptors (Lipinski definition) is 3. The summed E-state index contributed by atoms with van der Waals surface area (Å²) in [5.74, 6) is 0. The molecule has 1 heterocycles. The maximum Gasteiger partial charge on any atom is 0.0695 e. The summed E-state index contributed by atoms with van der Waals surface area (Å²) >= 11 is 0. The van der Waals surface area contributed by atoms with Crippen molar-refractivity contribution in [3.63, 3.8) is 0 Å². The molecule has 1 aromatic carbocycles. The van der Waals surface area contributed by atoms with Crippen LogP contribution in [0.2, 0.25) is 0 Å². The van der Waals surface area contributed by atoms with Gasteiger partial charge in [0.15, 0.2) is 0 Å². The van der Waals surface area contributed by atoms with Crippen LogP contribution in [0.4, 0.5) is 5.69 Å². The average Bonchev–Trinajstić information content (AvgIpc) is 2.50. The topological polar surface area (TPSA) is 35.5 Å². The van der Waals surface area contributed by atoms with Crippen LogP contribution in [-0.4, -0.2) is 41.3 Å². The van der Waals surface area contributed by atoms with E-state index in [4.69, 9.17) is 0 Å². The molecule has 1 aromatic rings. The van der Waals surface area contributed by atoms with Crippen LogP contribution in [0.25, 0.3) is 0 Å². The molecule has 0 aromatic heterocycles. The molecule has 2 aliphatic rings. The number of piperidine rings is 1. The molecule has 1 aliphatic carbocycles. The molecule has 1 saturated heterocycles. The zero-order chi connectivity index (χ0) is 13.8. The molecule has 0 bridgehead atoms. The highest BCUT2D eigenvalue weighted by Crippen LogP contribution is 2.26. The van der Waals surface area contributed by atoms with Gasteiger partial charge in [-0.1, -0.05) is 31.0 Å². The maximum absolute atomic E-state index is 10.2. The zero-order valence-electron chi connectivity index (χ0n) is 12.2. The van der Waals surface area contributed by atoms with E-state index in [0.29, 0.717) is 12.1 Å². The zero-order valence-corrected chi connectivity index (χ0v) is 12.2. The van der Waals surface area contributed by atoms with Gasteiger partial charge in [-0.3, -0.25) is 4.90 Å². The number of para-hydroxylation sites is 1. The lowest BCUT2D eigenvalue weighted by molar-refractivity contribution is 0.00994. The van der Waals surface area contributed by atoms with Crippen LogP contribution in [0.15, 0.2) is 30.3 Å². The first-order valence-electron chi connectivity index (χ1n) is 8.06. The van der Waals surface area contributed by atoms with Crippen molar-refractivity contribution in [2.24, 2.45) is 0 Å². The van der Waals surface area contributed by atoms with Crippen LogP contribution in [0.1, 0.15) is 38.5 Å². The average molecular weight is 274 g/mol. The van der Waals surface area contributed by atoms with Crippen LogP contribution >= 0.6 is 0 Å². The Balaban J connectivity index is 1.49. The molecule has 20 heavy (non-hydrogen) atoms. The fourth-order valence-corrected chi connectivity index (χ4v) is 3.66. The number of aliphatic hydroxyl groups is 1. The van der Waals surface area contributed by atoms with Crippen molar-refractivity contribution in [3.05, 3.63) is 30.3 Å². The standard InChI is InChI=1S/C17H26N2O/c20-17-9-5-4-8-16(17)19-12-10-15(11-13-19)18-14-6-2-1-3-7-14/h1-3,6-7,15-18,20H,4-5,8-13H2. The summed E-state index contributed by atoms with van der Waals surface area (Å²) in [6, 6.07) is 11.5. The Morgan fingerprint density at radius 3 is 2.35 bits per heavy atom. The van der Waals surface area contributed by atoms with E-state index < -0.39 is 0 Å². The maximum atomic E-state index is 10.2. The molecule has 3 heteroatoms. The number of nitrogens with zero attached hydrogens (tertiary/aromatic N) is 1. The summed E-state index contributed by atoms with van der Waals surface area (Å²) < 4.78 is 0. The fourth-order valence-electron chi connectivity index (χ4n) is 3.66. The summed E-state index contributed by atoms with van der Waals surface area (Å²) in [6.45, 7) is 2.23. The molecule has 0 spiro atoms. The highest BCUT2D eigenvalue weighted by Gasteiger charge is 2.31. The summed E-state index contributed by atoms with van der Waals surface area (Å²) in [4.78, 5) is 2.52. The number of anilines is 1. The largest absolute Gasteiger partial charge is 0.391 e. The van der Waals surface area contributed by atoms with Crippen molar-refractivity contribution in [2.45, 2.75) is 56.7 Å². The minimum absolute atomic E-state index is 0.0950. The number of rotatable bonds is 3. The summed E-state index contributed by atoms with van der Waals surface area (Å²) in [5.41, 5.74) is 1.23.